The molecule has 7 nitrogen and oxygen atoms in total. The van der Waals surface area contributed by atoms with Crippen molar-refractivity contribution in [2.45, 2.75) is 57.4 Å². The number of aryl methyl sites for hydroxylation is 1. The van der Waals surface area contributed by atoms with E-state index in [0.29, 0.717) is 59.0 Å². The Morgan fingerprint density at radius 3 is 2.52 bits per heavy atom. The third kappa shape index (κ3) is 7.60. The summed E-state index contributed by atoms with van der Waals surface area (Å²) in [5, 5.41) is 13.2. The van der Waals surface area contributed by atoms with E-state index >= 15 is 4.39 Å². The number of hydrogen-bond acceptors (Lipinski definition) is 5. The van der Waals surface area contributed by atoms with Crippen molar-refractivity contribution in [1.82, 2.24) is 15.2 Å². The first-order chi connectivity index (χ1) is 19.6. The number of aromatic nitrogens is 1. The number of carbonyl (C=O) groups is 2. The Balaban J connectivity index is 0.00000484. The standard InChI is InChI=1S/C32H37ClFN3O4.ClH/c1-4-21-10-8-11-25(34)28(21)23-13-15-26(30(38)36-32(31(39)40)16-6-5-7-17-32)35-29(23)22-12-14-24(33)27(20-22)41-19-9-18-37(2)3;/h8,10-15,20H,4-7,9,16-19H2,1-3H3,(H,36,38)(H,39,40);1H. The summed E-state index contributed by atoms with van der Waals surface area (Å²) in [4.78, 5) is 32.4. The van der Waals surface area contributed by atoms with E-state index in [1.54, 1.807) is 30.3 Å². The maximum absolute atomic E-state index is 15.3. The van der Waals surface area contributed by atoms with Gasteiger partial charge < -0.3 is 20.1 Å². The minimum atomic E-state index is -1.33. The lowest BCUT2D eigenvalue weighted by Crippen LogP contribution is -2.55. The van der Waals surface area contributed by atoms with Gasteiger partial charge in [-0.3, -0.25) is 4.79 Å². The van der Waals surface area contributed by atoms with Crippen LogP contribution in [0.1, 0.15) is 61.5 Å². The summed E-state index contributed by atoms with van der Waals surface area (Å²) in [5.74, 6) is -1.57. The zero-order valence-electron chi connectivity index (χ0n) is 24.2. The van der Waals surface area contributed by atoms with E-state index in [9.17, 15) is 14.7 Å². The molecule has 2 aromatic carbocycles. The van der Waals surface area contributed by atoms with Gasteiger partial charge in [-0.15, -0.1) is 12.4 Å². The maximum atomic E-state index is 15.3. The van der Waals surface area contributed by atoms with Crippen molar-refractivity contribution in [1.29, 1.82) is 0 Å². The van der Waals surface area contributed by atoms with Gasteiger partial charge in [-0.25, -0.2) is 14.2 Å². The van der Waals surface area contributed by atoms with E-state index < -0.39 is 23.2 Å². The molecule has 1 heterocycles. The van der Waals surface area contributed by atoms with Crippen molar-refractivity contribution in [3.63, 3.8) is 0 Å². The Bertz CT molecular complexity index is 1410. The fourth-order valence-electron chi connectivity index (χ4n) is 5.33. The number of nitrogens with zero attached hydrogens (tertiary/aromatic N) is 2. The van der Waals surface area contributed by atoms with E-state index in [2.05, 4.69) is 10.2 Å². The zero-order valence-corrected chi connectivity index (χ0v) is 25.8. The van der Waals surface area contributed by atoms with Gasteiger partial charge in [0.1, 0.15) is 22.8 Å². The van der Waals surface area contributed by atoms with Crippen LogP contribution in [-0.4, -0.2) is 59.7 Å². The van der Waals surface area contributed by atoms with Crippen LogP contribution < -0.4 is 10.1 Å². The summed E-state index contributed by atoms with van der Waals surface area (Å²) < 4.78 is 21.3. The number of nitrogens with one attached hydrogen (secondary N) is 1. The molecular weight excluding hydrogens is 580 g/mol. The molecule has 0 atom stereocenters. The Labute approximate surface area is 257 Å². The molecule has 1 aliphatic carbocycles. The number of ether oxygens (including phenoxy) is 1. The molecular formula is C32H38Cl2FN3O4. The molecule has 10 heteroatoms. The molecule has 4 rings (SSSR count). The van der Waals surface area contributed by atoms with Gasteiger partial charge in [-0.1, -0.05) is 56.0 Å². The van der Waals surface area contributed by atoms with Gasteiger partial charge in [0.2, 0.25) is 0 Å². The van der Waals surface area contributed by atoms with Gasteiger partial charge in [-0.05, 0) is 75.7 Å². The van der Waals surface area contributed by atoms with Crippen LogP contribution >= 0.6 is 24.0 Å². The van der Waals surface area contributed by atoms with Gasteiger partial charge >= 0.3 is 5.97 Å². The third-order valence-electron chi connectivity index (χ3n) is 7.56. The van der Waals surface area contributed by atoms with Crippen LogP contribution in [0.2, 0.25) is 5.02 Å². The molecule has 1 saturated carbocycles. The number of rotatable bonds is 11. The molecule has 0 unspecified atom stereocenters. The van der Waals surface area contributed by atoms with Crippen molar-refractivity contribution in [3.05, 3.63) is 70.6 Å². The highest BCUT2D eigenvalue weighted by Crippen LogP contribution is 2.38. The molecule has 0 saturated heterocycles. The minimum Gasteiger partial charge on any atom is -0.492 e. The predicted octanol–water partition coefficient (Wildman–Crippen LogP) is 7.04. The average molecular weight is 619 g/mol. The molecule has 1 amide bonds. The Kier molecular flexibility index (Phi) is 11.7. The smallest absolute Gasteiger partial charge is 0.329 e. The molecule has 42 heavy (non-hydrogen) atoms. The fourth-order valence-corrected chi connectivity index (χ4v) is 5.50. The van der Waals surface area contributed by atoms with E-state index in [1.807, 2.05) is 27.1 Å². The monoisotopic (exact) mass is 617 g/mol. The summed E-state index contributed by atoms with van der Waals surface area (Å²) in [6.45, 7) is 3.25. The van der Waals surface area contributed by atoms with Crippen molar-refractivity contribution < 1.29 is 23.8 Å². The van der Waals surface area contributed by atoms with Crippen LogP contribution in [0.4, 0.5) is 4.39 Å². The Morgan fingerprint density at radius 2 is 1.86 bits per heavy atom. The number of benzene rings is 2. The lowest BCUT2D eigenvalue weighted by atomic mass is 9.81. The van der Waals surface area contributed by atoms with Crippen molar-refractivity contribution in [3.8, 4) is 28.1 Å². The second-order valence-corrected chi connectivity index (χ2v) is 11.2. The summed E-state index contributed by atoms with van der Waals surface area (Å²) in [5.41, 5.74) is 1.41. The van der Waals surface area contributed by atoms with Crippen molar-refractivity contribution in [2.75, 3.05) is 27.2 Å². The van der Waals surface area contributed by atoms with Crippen molar-refractivity contribution >= 4 is 35.9 Å². The summed E-state index contributed by atoms with van der Waals surface area (Å²) >= 11 is 6.45. The lowest BCUT2D eigenvalue weighted by Gasteiger charge is -2.33. The van der Waals surface area contributed by atoms with Gasteiger partial charge in [0, 0.05) is 23.2 Å². The second-order valence-electron chi connectivity index (χ2n) is 10.8. The molecule has 1 aliphatic rings. The first-order valence-corrected chi connectivity index (χ1v) is 14.4. The number of carbonyl (C=O) groups excluding carboxylic acids is 1. The summed E-state index contributed by atoms with van der Waals surface area (Å²) in [6.07, 6.45) is 4.49. The van der Waals surface area contributed by atoms with Gasteiger partial charge in [0.15, 0.2) is 0 Å². The van der Waals surface area contributed by atoms with E-state index in [0.717, 1.165) is 37.8 Å². The highest BCUT2D eigenvalue weighted by Gasteiger charge is 2.41. The number of hydrogen-bond donors (Lipinski definition) is 2. The number of aliphatic carboxylic acids is 1. The van der Waals surface area contributed by atoms with Crippen LogP contribution in [0.3, 0.4) is 0 Å². The number of carboxylic acids is 1. The first kappa shape index (κ1) is 33.3. The molecule has 3 aromatic rings. The topological polar surface area (TPSA) is 91.8 Å². The van der Waals surface area contributed by atoms with Crippen molar-refractivity contribution in [2.24, 2.45) is 0 Å². The highest BCUT2D eigenvalue weighted by molar-refractivity contribution is 6.32. The number of carboxylic acid groups (broad SMARTS) is 1. The molecule has 1 fully saturated rings. The molecule has 0 spiro atoms. The molecule has 0 aliphatic heterocycles. The van der Waals surface area contributed by atoms with E-state index in [4.69, 9.17) is 21.3 Å². The molecule has 0 radical (unpaired) electrons. The van der Waals surface area contributed by atoms with Crippen LogP contribution in [0.15, 0.2) is 48.5 Å². The molecule has 1 aromatic heterocycles. The quantitative estimate of drug-likeness (QED) is 0.224. The summed E-state index contributed by atoms with van der Waals surface area (Å²) in [7, 11) is 3.98. The number of halogens is 3. The largest absolute Gasteiger partial charge is 0.492 e. The molecule has 0 bridgehead atoms. The Hall–Kier alpha value is -3.20. The maximum Gasteiger partial charge on any atom is 0.329 e. The Morgan fingerprint density at radius 1 is 1.12 bits per heavy atom. The molecule has 2 N–H and O–H groups in total. The number of pyridine rings is 1. The average Bonchev–Trinajstić information content (AvgIpc) is 2.96. The van der Waals surface area contributed by atoms with Gasteiger partial charge in [0.05, 0.1) is 17.3 Å². The zero-order chi connectivity index (χ0) is 29.6. The second kappa shape index (κ2) is 14.8. The lowest BCUT2D eigenvalue weighted by molar-refractivity contribution is -0.145. The fraction of sp³-hybridized carbons (Fsp3) is 0.406. The third-order valence-corrected chi connectivity index (χ3v) is 7.87. The van der Waals surface area contributed by atoms with Gasteiger partial charge in [0.25, 0.3) is 5.91 Å². The SMILES string of the molecule is CCc1cccc(F)c1-c1ccc(C(=O)NC2(C(=O)O)CCCCC2)nc1-c1ccc(Cl)c(OCCCN(C)C)c1.Cl. The predicted molar refractivity (Wildman–Crippen MR) is 166 cm³/mol. The first-order valence-electron chi connectivity index (χ1n) is 14.1. The minimum absolute atomic E-state index is 0. The van der Waals surface area contributed by atoms with Gasteiger partial charge in [-0.2, -0.15) is 0 Å². The summed E-state index contributed by atoms with van der Waals surface area (Å²) in [6, 6.07) is 13.3. The molecule has 226 valence electrons. The van der Waals surface area contributed by atoms with Crippen LogP contribution in [-0.2, 0) is 11.2 Å². The normalized spacial score (nSPS) is 14.2. The highest BCUT2D eigenvalue weighted by atomic mass is 35.5. The van der Waals surface area contributed by atoms with Crippen LogP contribution in [0.5, 0.6) is 5.75 Å². The van der Waals surface area contributed by atoms with E-state index in [1.165, 1.54) is 12.1 Å². The number of amides is 1. The van der Waals surface area contributed by atoms with Crippen LogP contribution in [0, 0.1) is 5.82 Å². The van der Waals surface area contributed by atoms with E-state index in [-0.39, 0.29) is 18.1 Å². The van der Waals surface area contributed by atoms with Crippen LogP contribution in [0.25, 0.3) is 22.4 Å².